The van der Waals surface area contributed by atoms with E-state index in [4.69, 9.17) is 4.74 Å². The maximum atomic E-state index is 12.4. The smallest absolute Gasteiger partial charge is 0.251 e. The van der Waals surface area contributed by atoms with Crippen molar-refractivity contribution in [2.45, 2.75) is 33.0 Å². The molecule has 2 atom stereocenters. The van der Waals surface area contributed by atoms with Crippen LogP contribution in [0.5, 0.6) is 0 Å². The van der Waals surface area contributed by atoms with E-state index in [-0.39, 0.29) is 24.9 Å². The van der Waals surface area contributed by atoms with Gasteiger partial charge in [0, 0.05) is 30.8 Å². The Morgan fingerprint density at radius 2 is 1.57 bits per heavy atom. The quantitative estimate of drug-likeness (QED) is 0.619. The lowest BCUT2D eigenvalue weighted by molar-refractivity contribution is -0.0287. The molecule has 0 aromatic heterocycles. The third kappa shape index (κ3) is 6.18. The summed E-state index contributed by atoms with van der Waals surface area (Å²) in [6.07, 6.45) is -1.58. The highest BCUT2D eigenvalue weighted by molar-refractivity contribution is 5.94. The van der Waals surface area contributed by atoms with Crippen LogP contribution in [0.15, 0.2) is 48.5 Å². The molecule has 3 N–H and O–H groups in total. The van der Waals surface area contributed by atoms with Crippen LogP contribution < -0.4 is 10.6 Å². The summed E-state index contributed by atoms with van der Waals surface area (Å²) in [7, 11) is 0. The van der Waals surface area contributed by atoms with Crippen molar-refractivity contribution in [3.8, 4) is 0 Å². The molecule has 0 aliphatic carbocycles. The van der Waals surface area contributed by atoms with E-state index in [1.165, 1.54) is 0 Å². The van der Waals surface area contributed by atoms with Gasteiger partial charge in [-0.05, 0) is 56.2 Å². The number of carbonyl (C=O) groups is 2. The predicted molar refractivity (Wildman–Crippen MR) is 108 cm³/mol. The molecule has 28 heavy (non-hydrogen) atoms. The van der Waals surface area contributed by atoms with E-state index in [0.29, 0.717) is 17.7 Å². The summed E-state index contributed by atoms with van der Waals surface area (Å²) < 4.78 is 5.55. The van der Waals surface area contributed by atoms with Crippen LogP contribution >= 0.6 is 0 Å². The molecule has 6 nitrogen and oxygen atoms in total. The second-order valence-electron chi connectivity index (χ2n) is 6.65. The zero-order valence-electron chi connectivity index (χ0n) is 16.6. The summed E-state index contributed by atoms with van der Waals surface area (Å²) in [6.45, 7) is 6.30. The fraction of sp³-hybridized carbons (Fsp3) is 0.364. The highest BCUT2D eigenvalue weighted by atomic mass is 16.5. The van der Waals surface area contributed by atoms with Crippen LogP contribution in [0.4, 0.5) is 0 Å². The van der Waals surface area contributed by atoms with Crippen molar-refractivity contribution in [1.82, 2.24) is 10.6 Å². The third-order valence-electron chi connectivity index (χ3n) is 4.55. The van der Waals surface area contributed by atoms with Crippen molar-refractivity contribution in [2.24, 2.45) is 0 Å². The maximum absolute atomic E-state index is 12.4. The average Bonchev–Trinajstić information content (AvgIpc) is 2.71. The van der Waals surface area contributed by atoms with Gasteiger partial charge in [0.2, 0.25) is 0 Å². The van der Waals surface area contributed by atoms with Gasteiger partial charge >= 0.3 is 0 Å². The van der Waals surface area contributed by atoms with Crippen molar-refractivity contribution in [3.05, 3.63) is 70.8 Å². The number of benzene rings is 2. The zero-order valence-corrected chi connectivity index (χ0v) is 16.6. The van der Waals surface area contributed by atoms with Crippen LogP contribution in [-0.4, -0.2) is 48.8 Å². The van der Waals surface area contributed by atoms with E-state index in [0.717, 1.165) is 11.1 Å². The molecule has 0 unspecified atom stereocenters. The maximum Gasteiger partial charge on any atom is 0.251 e. The summed E-state index contributed by atoms with van der Waals surface area (Å²) in [5, 5.41) is 15.9. The van der Waals surface area contributed by atoms with E-state index in [9.17, 15) is 14.7 Å². The number of ether oxygens (including phenoxy) is 1. The Bertz CT molecular complexity index is 792. The van der Waals surface area contributed by atoms with Crippen LogP contribution in [0.25, 0.3) is 0 Å². The molecule has 2 aromatic carbocycles. The van der Waals surface area contributed by atoms with E-state index < -0.39 is 12.2 Å². The number of hydrogen-bond donors (Lipinski definition) is 3. The van der Waals surface area contributed by atoms with Gasteiger partial charge in [-0.1, -0.05) is 24.3 Å². The molecule has 2 rings (SSSR count). The Labute approximate surface area is 165 Å². The normalized spacial score (nSPS) is 12.9. The van der Waals surface area contributed by atoms with Crippen molar-refractivity contribution >= 4 is 11.8 Å². The molecule has 0 saturated heterocycles. The number of nitrogens with one attached hydrogen (secondary N) is 2. The minimum atomic E-state index is -0.951. The van der Waals surface area contributed by atoms with Crippen LogP contribution in [0.3, 0.4) is 0 Å². The first-order valence-electron chi connectivity index (χ1n) is 9.40. The molecule has 2 amide bonds. The van der Waals surface area contributed by atoms with E-state index in [1.807, 2.05) is 39.0 Å². The Morgan fingerprint density at radius 1 is 0.929 bits per heavy atom. The Kier molecular flexibility index (Phi) is 8.17. The lowest BCUT2D eigenvalue weighted by Gasteiger charge is -2.23. The summed E-state index contributed by atoms with van der Waals surface area (Å²) >= 11 is 0. The monoisotopic (exact) mass is 384 g/mol. The van der Waals surface area contributed by atoms with Crippen molar-refractivity contribution in [3.63, 3.8) is 0 Å². The SMILES string of the molecule is CCO[C@H](CNC(=O)c1ccc(C)c(C)c1)[C@@H](O)CNC(=O)c1ccccc1. The molecule has 0 aliphatic heterocycles. The van der Waals surface area contributed by atoms with Gasteiger partial charge in [0.05, 0.1) is 6.10 Å². The number of carbonyl (C=O) groups excluding carboxylic acids is 2. The molecule has 0 spiro atoms. The number of amides is 2. The van der Waals surface area contributed by atoms with Gasteiger partial charge in [-0.3, -0.25) is 9.59 Å². The summed E-state index contributed by atoms with van der Waals surface area (Å²) in [6, 6.07) is 14.3. The molecule has 0 saturated carbocycles. The molecule has 0 aliphatic rings. The van der Waals surface area contributed by atoms with Gasteiger partial charge in [0.1, 0.15) is 6.10 Å². The van der Waals surface area contributed by atoms with Crippen LogP contribution in [0.2, 0.25) is 0 Å². The first-order chi connectivity index (χ1) is 13.4. The molecule has 0 fully saturated rings. The zero-order chi connectivity index (χ0) is 20.5. The van der Waals surface area contributed by atoms with Gasteiger partial charge < -0.3 is 20.5 Å². The highest BCUT2D eigenvalue weighted by Gasteiger charge is 2.21. The van der Waals surface area contributed by atoms with Crippen LogP contribution in [0, 0.1) is 13.8 Å². The van der Waals surface area contributed by atoms with Crippen LogP contribution in [-0.2, 0) is 4.74 Å². The van der Waals surface area contributed by atoms with Crippen molar-refractivity contribution < 1.29 is 19.4 Å². The fourth-order valence-corrected chi connectivity index (χ4v) is 2.72. The molecule has 0 heterocycles. The Hall–Kier alpha value is -2.70. The molecule has 0 radical (unpaired) electrons. The van der Waals surface area contributed by atoms with E-state index in [2.05, 4.69) is 10.6 Å². The lowest BCUT2D eigenvalue weighted by Crippen LogP contribution is -2.46. The third-order valence-corrected chi connectivity index (χ3v) is 4.55. The largest absolute Gasteiger partial charge is 0.388 e. The number of hydrogen-bond acceptors (Lipinski definition) is 4. The minimum Gasteiger partial charge on any atom is -0.388 e. The Balaban J connectivity index is 1.89. The molecule has 150 valence electrons. The molecule has 6 heteroatoms. The second-order valence-corrected chi connectivity index (χ2v) is 6.65. The lowest BCUT2D eigenvalue weighted by atomic mass is 10.1. The van der Waals surface area contributed by atoms with Crippen molar-refractivity contribution in [2.75, 3.05) is 19.7 Å². The highest BCUT2D eigenvalue weighted by Crippen LogP contribution is 2.10. The number of aliphatic hydroxyl groups excluding tert-OH is 1. The number of rotatable bonds is 9. The topological polar surface area (TPSA) is 87.7 Å². The fourth-order valence-electron chi connectivity index (χ4n) is 2.72. The van der Waals surface area contributed by atoms with Crippen LogP contribution in [0.1, 0.15) is 38.8 Å². The Morgan fingerprint density at radius 3 is 2.21 bits per heavy atom. The van der Waals surface area contributed by atoms with Crippen molar-refractivity contribution in [1.29, 1.82) is 0 Å². The average molecular weight is 384 g/mol. The summed E-state index contributed by atoms with van der Waals surface area (Å²) in [4.78, 5) is 24.5. The van der Waals surface area contributed by atoms with Gasteiger partial charge in [-0.15, -0.1) is 0 Å². The van der Waals surface area contributed by atoms with Gasteiger partial charge in [-0.25, -0.2) is 0 Å². The first-order valence-corrected chi connectivity index (χ1v) is 9.40. The summed E-state index contributed by atoms with van der Waals surface area (Å²) in [5.41, 5.74) is 3.24. The molecule has 0 bridgehead atoms. The van der Waals surface area contributed by atoms with E-state index in [1.54, 1.807) is 30.3 Å². The molecular weight excluding hydrogens is 356 g/mol. The molecule has 2 aromatic rings. The minimum absolute atomic E-state index is 0.0257. The van der Waals surface area contributed by atoms with Gasteiger partial charge in [-0.2, -0.15) is 0 Å². The number of aliphatic hydroxyl groups is 1. The van der Waals surface area contributed by atoms with E-state index >= 15 is 0 Å². The predicted octanol–water partition coefficient (Wildman–Crippen LogP) is 2.23. The first kappa shape index (κ1) is 21.6. The van der Waals surface area contributed by atoms with Gasteiger partial charge in [0.25, 0.3) is 11.8 Å². The summed E-state index contributed by atoms with van der Waals surface area (Å²) in [5.74, 6) is -0.498. The standard InChI is InChI=1S/C22H28N2O4/c1-4-28-20(14-24-22(27)18-11-10-15(2)16(3)12-18)19(25)13-23-21(26)17-8-6-5-7-9-17/h5-12,19-20,25H,4,13-14H2,1-3H3,(H,23,26)(H,24,27)/t19-,20+/m0/s1. The second kappa shape index (κ2) is 10.6. The van der Waals surface area contributed by atoms with Gasteiger partial charge in [0.15, 0.2) is 0 Å². The number of aryl methyl sites for hydroxylation is 2. The molecular formula is C22H28N2O4.